The molecule has 9 nitrogen and oxygen atoms in total. The maximum Gasteiger partial charge on any atom is 0.408 e. The van der Waals surface area contributed by atoms with Crippen molar-refractivity contribution in [1.29, 1.82) is 5.26 Å². The number of nitriles is 1. The van der Waals surface area contributed by atoms with Gasteiger partial charge in [-0.3, -0.25) is 19.7 Å². The highest BCUT2D eigenvalue weighted by Gasteiger charge is 2.60. The maximum atomic E-state index is 13.5. The van der Waals surface area contributed by atoms with Crippen LogP contribution in [0.3, 0.4) is 0 Å². The molecule has 0 aromatic rings. The van der Waals surface area contributed by atoms with Crippen LogP contribution in [0.15, 0.2) is 12.2 Å². The first-order valence-corrected chi connectivity index (χ1v) is 12.3. The molecule has 186 valence electrons. The summed E-state index contributed by atoms with van der Waals surface area (Å²) in [6.45, 7) is 5.72. The number of hydrogen-bond acceptors (Lipinski definition) is 6. The lowest BCUT2D eigenvalue weighted by Crippen LogP contribution is -2.52. The van der Waals surface area contributed by atoms with E-state index in [1.165, 1.54) is 0 Å². The van der Waals surface area contributed by atoms with E-state index in [0.717, 1.165) is 25.7 Å². The molecule has 2 N–H and O–H groups in total. The topological polar surface area (TPSA) is 129 Å². The first-order valence-electron chi connectivity index (χ1n) is 12.3. The molecular weight excluding hydrogens is 436 g/mol. The van der Waals surface area contributed by atoms with E-state index in [9.17, 15) is 19.2 Å². The fraction of sp³-hybridized carbons (Fsp3) is 0.720. The van der Waals surface area contributed by atoms with E-state index in [4.69, 9.17) is 10.00 Å². The van der Waals surface area contributed by atoms with Gasteiger partial charge in [-0.05, 0) is 65.2 Å². The predicted octanol–water partition coefficient (Wildman–Crippen LogP) is 2.95. The van der Waals surface area contributed by atoms with Crippen LogP contribution in [0.2, 0.25) is 0 Å². The molecule has 2 heterocycles. The zero-order chi connectivity index (χ0) is 24.9. The average Bonchev–Trinajstić information content (AvgIpc) is 3.21. The summed E-state index contributed by atoms with van der Waals surface area (Å²) in [6, 6.07) is -1.40. The van der Waals surface area contributed by atoms with Crippen molar-refractivity contribution in [2.75, 3.05) is 6.54 Å². The van der Waals surface area contributed by atoms with Crippen LogP contribution < -0.4 is 10.6 Å². The standard InChI is InChI=1S/C25H36N4O5/c1-24(2,3)34-23(33)28-18-11-8-6-4-5-7-10-17-14-25(17,22(32)27-16-26)15-20(30)19-12-9-13-29(19)21(18)31/h7,10,17-19H,4-6,8-9,11-15H2,1-3H3,(H,27,32)(H,28,33)/b10-7-/t17-,18+,19+,25-/m1/s1. The van der Waals surface area contributed by atoms with Gasteiger partial charge in [-0.25, -0.2) is 4.79 Å². The molecule has 0 unspecified atom stereocenters. The summed E-state index contributed by atoms with van der Waals surface area (Å²) in [6.07, 6.45) is 10.6. The largest absolute Gasteiger partial charge is 0.444 e. The average molecular weight is 473 g/mol. The van der Waals surface area contributed by atoms with E-state index >= 15 is 0 Å². The third-order valence-corrected chi connectivity index (χ3v) is 6.87. The van der Waals surface area contributed by atoms with Crippen molar-refractivity contribution < 1.29 is 23.9 Å². The Morgan fingerprint density at radius 2 is 1.94 bits per heavy atom. The first-order chi connectivity index (χ1) is 16.1. The van der Waals surface area contributed by atoms with Crippen LogP contribution in [0.1, 0.15) is 78.6 Å². The minimum absolute atomic E-state index is 0.00583. The van der Waals surface area contributed by atoms with E-state index in [2.05, 4.69) is 10.6 Å². The lowest BCUT2D eigenvalue weighted by Gasteiger charge is -2.30. The van der Waals surface area contributed by atoms with E-state index in [0.29, 0.717) is 32.2 Å². The quantitative estimate of drug-likeness (QED) is 0.361. The molecule has 2 fully saturated rings. The zero-order valence-corrected chi connectivity index (χ0v) is 20.4. The molecule has 0 bridgehead atoms. The van der Waals surface area contributed by atoms with E-state index in [1.54, 1.807) is 31.9 Å². The Morgan fingerprint density at radius 3 is 2.65 bits per heavy atom. The number of ether oxygens (including phenoxy) is 1. The lowest BCUT2D eigenvalue weighted by molar-refractivity contribution is -0.140. The van der Waals surface area contributed by atoms with Crippen molar-refractivity contribution in [3.8, 4) is 6.19 Å². The highest BCUT2D eigenvalue weighted by Crippen LogP contribution is 2.57. The molecule has 34 heavy (non-hydrogen) atoms. The van der Waals surface area contributed by atoms with E-state index in [-0.39, 0.29) is 24.0 Å². The zero-order valence-electron chi connectivity index (χ0n) is 20.4. The van der Waals surface area contributed by atoms with Gasteiger partial charge in [-0.1, -0.05) is 25.0 Å². The number of Topliss-reactive ketones (excluding diaryl/α,β-unsaturated/α-hetero) is 1. The van der Waals surface area contributed by atoms with Crippen molar-refractivity contribution in [2.24, 2.45) is 11.3 Å². The molecule has 4 atom stereocenters. The van der Waals surface area contributed by atoms with Crippen molar-refractivity contribution in [1.82, 2.24) is 15.5 Å². The summed E-state index contributed by atoms with van der Waals surface area (Å²) in [5.74, 6) is -0.956. The summed E-state index contributed by atoms with van der Waals surface area (Å²) < 4.78 is 5.36. The molecule has 1 aliphatic carbocycles. The molecule has 2 aliphatic heterocycles. The number of nitrogens with one attached hydrogen (secondary N) is 2. The molecule has 3 amide bonds. The number of carbonyl (C=O) groups is 4. The number of rotatable bonds is 2. The van der Waals surface area contributed by atoms with Crippen molar-refractivity contribution in [3.63, 3.8) is 0 Å². The number of allylic oxidation sites excluding steroid dienone is 2. The smallest absolute Gasteiger partial charge is 0.408 e. The molecule has 9 heteroatoms. The Morgan fingerprint density at radius 1 is 1.18 bits per heavy atom. The maximum absolute atomic E-state index is 13.5. The molecule has 0 radical (unpaired) electrons. The van der Waals surface area contributed by atoms with E-state index in [1.807, 2.05) is 12.2 Å². The van der Waals surface area contributed by atoms with Crippen LogP contribution in [-0.4, -0.2) is 52.8 Å². The van der Waals surface area contributed by atoms with Crippen LogP contribution in [0.4, 0.5) is 4.79 Å². The van der Waals surface area contributed by atoms with Crippen molar-refractivity contribution in [2.45, 2.75) is 96.2 Å². The normalized spacial score (nSPS) is 31.1. The Kier molecular flexibility index (Phi) is 8.01. The van der Waals surface area contributed by atoms with Gasteiger partial charge in [0.1, 0.15) is 11.6 Å². The van der Waals surface area contributed by atoms with Crippen LogP contribution in [0.5, 0.6) is 0 Å². The Hall–Kier alpha value is -2.89. The van der Waals surface area contributed by atoms with Gasteiger partial charge in [0.15, 0.2) is 12.0 Å². The number of amides is 3. The van der Waals surface area contributed by atoms with Gasteiger partial charge in [-0.2, -0.15) is 5.26 Å². The molecule has 0 aromatic carbocycles. The van der Waals surface area contributed by atoms with Gasteiger partial charge in [0.05, 0.1) is 11.5 Å². The molecule has 1 saturated heterocycles. The van der Waals surface area contributed by atoms with Crippen LogP contribution >= 0.6 is 0 Å². The van der Waals surface area contributed by atoms with Crippen LogP contribution in [-0.2, 0) is 19.1 Å². The number of carbonyl (C=O) groups excluding carboxylic acids is 4. The fourth-order valence-electron chi connectivity index (χ4n) is 5.05. The second kappa shape index (κ2) is 10.6. The highest BCUT2D eigenvalue weighted by atomic mass is 16.6. The first kappa shape index (κ1) is 25.7. The Bertz CT molecular complexity index is 887. The number of ketones is 1. The Labute approximate surface area is 201 Å². The number of nitrogens with zero attached hydrogens (tertiary/aromatic N) is 2. The molecule has 0 aromatic heterocycles. The summed E-state index contributed by atoms with van der Waals surface area (Å²) in [5, 5.41) is 13.9. The second-order valence-electron chi connectivity index (χ2n) is 10.6. The van der Waals surface area contributed by atoms with Gasteiger partial charge < -0.3 is 15.0 Å². The predicted molar refractivity (Wildman–Crippen MR) is 124 cm³/mol. The molecule has 1 saturated carbocycles. The monoisotopic (exact) mass is 472 g/mol. The van der Waals surface area contributed by atoms with Gasteiger partial charge in [0.2, 0.25) is 11.8 Å². The fourth-order valence-corrected chi connectivity index (χ4v) is 5.05. The van der Waals surface area contributed by atoms with Gasteiger partial charge in [-0.15, -0.1) is 0 Å². The van der Waals surface area contributed by atoms with Crippen molar-refractivity contribution in [3.05, 3.63) is 12.2 Å². The molecule has 0 spiro atoms. The number of fused-ring (bicyclic) bond motifs is 2. The SMILES string of the molecule is CC(C)(C)OC(=O)N[C@H]1CCCCC/C=C\[C@@H]2C[C@@]2(C(=O)NC#N)CC(=O)[C@@H]2CCCN2C1=O. The molecule has 3 rings (SSSR count). The van der Waals surface area contributed by atoms with Gasteiger partial charge in [0.25, 0.3) is 0 Å². The minimum atomic E-state index is -0.922. The van der Waals surface area contributed by atoms with Crippen LogP contribution in [0, 0.1) is 22.8 Å². The Balaban J connectivity index is 1.81. The third-order valence-electron chi connectivity index (χ3n) is 6.87. The summed E-state index contributed by atoms with van der Waals surface area (Å²) in [5.41, 5.74) is -1.61. The number of hydrogen-bond donors (Lipinski definition) is 2. The number of alkyl carbamates (subject to hydrolysis) is 1. The summed E-state index contributed by atoms with van der Waals surface area (Å²) in [7, 11) is 0. The summed E-state index contributed by atoms with van der Waals surface area (Å²) in [4.78, 5) is 53.5. The minimum Gasteiger partial charge on any atom is -0.444 e. The molecular formula is C25H36N4O5. The lowest BCUT2D eigenvalue weighted by atomic mass is 9.91. The molecule has 3 aliphatic rings. The van der Waals surface area contributed by atoms with Crippen LogP contribution in [0.25, 0.3) is 0 Å². The second-order valence-corrected chi connectivity index (χ2v) is 10.6. The van der Waals surface area contributed by atoms with Crippen molar-refractivity contribution >= 4 is 23.7 Å². The highest BCUT2D eigenvalue weighted by molar-refractivity contribution is 5.97. The third kappa shape index (κ3) is 6.16. The summed E-state index contributed by atoms with van der Waals surface area (Å²) >= 11 is 0. The van der Waals surface area contributed by atoms with E-state index < -0.39 is 35.1 Å². The van der Waals surface area contributed by atoms with Gasteiger partial charge in [0, 0.05) is 13.0 Å². The van der Waals surface area contributed by atoms with Gasteiger partial charge >= 0.3 is 6.09 Å².